The molecule has 0 N–H and O–H groups in total. The van der Waals surface area contributed by atoms with Gasteiger partial charge in [0.25, 0.3) is 0 Å². The Morgan fingerprint density at radius 1 is 1.50 bits per heavy atom. The van der Waals surface area contributed by atoms with E-state index in [0.717, 1.165) is 0 Å². The van der Waals surface area contributed by atoms with Crippen LogP contribution in [-0.2, 0) is 4.74 Å². The Labute approximate surface area is 91.1 Å². The van der Waals surface area contributed by atoms with E-state index < -0.39 is 5.97 Å². The third kappa shape index (κ3) is 1.62. The zero-order valence-corrected chi connectivity index (χ0v) is 8.78. The largest absolute Gasteiger partial charge is 0.465 e. The molecule has 0 unspecified atom stereocenters. The van der Waals surface area contributed by atoms with E-state index in [0.29, 0.717) is 17.1 Å². The van der Waals surface area contributed by atoms with Gasteiger partial charge in [0.05, 0.1) is 18.9 Å². The number of pyridine rings is 1. The normalized spacial score (nSPS) is 10.1. The number of nitrogens with zero attached hydrogens (tertiary/aromatic N) is 5. The van der Waals surface area contributed by atoms with Crippen molar-refractivity contribution in [1.82, 2.24) is 25.2 Å². The average Bonchev–Trinajstić information content (AvgIpc) is 2.74. The smallest absolute Gasteiger partial charge is 0.340 e. The molecule has 0 aliphatic rings. The van der Waals surface area contributed by atoms with E-state index in [1.54, 1.807) is 13.0 Å². The minimum absolute atomic E-state index is 0.368. The minimum Gasteiger partial charge on any atom is -0.465 e. The van der Waals surface area contributed by atoms with Crippen LogP contribution in [0.4, 0.5) is 0 Å². The van der Waals surface area contributed by atoms with E-state index >= 15 is 0 Å². The fraction of sp³-hybridized carbons (Fsp3) is 0.222. The number of tetrazole rings is 1. The number of esters is 1. The molecule has 0 radical (unpaired) electrons. The number of carbonyl (C=O) groups is 1. The molecule has 16 heavy (non-hydrogen) atoms. The first-order valence-corrected chi connectivity index (χ1v) is 4.51. The number of hydrogen-bond donors (Lipinski definition) is 0. The molecule has 0 spiro atoms. The van der Waals surface area contributed by atoms with Gasteiger partial charge < -0.3 is 4.74 Å². The first-order chi connectivity index (χ1) is 7.74. The second-order valence-electron chi connectivity index (χ2n) is 3.02. The van der Waals surface area contributed by atoms with Crippen LogP contribution < -0.4 is 0 Å². The number of aromatic nitrogens is 5. The topological polar surface area (TPSA) is 82.8 Å². The molecular formula is C9H9N5O2. The maximum atomic E-state index is 11.5. The zero-order chi connectivity index (χ0) is 11.5. The highest BCUT2D eigenvalue weighted by Crippen LogP contribution is 2.13. The molecule has 7 nitrogen and oxygen atoms in total. The average molecular weight is 219 g/mol. The van der Waals surface area contributed by atoms with Gasteiger partial charge in [-0.15, -0.1) is 5.10 Å². The van der Waals surface area contributed by atoms with Crippen LogP contribution in [0, 0.1) is 6.92 Å². The second-order valence-corrected chi connectivity index (χ2v) is 3.02. The molecule has 2 aromatic heterocycles. The maximum absolute atomic E-state index is 11.5. The van der Waals surface area contributed by atoms with Crippen LogP contribution in [0.5, 0.6) is 0 Å². The van der Waals surface area contributed by atoms with Crippen molar-refractivity contribution in [2.45, 2.75) is 6.92 Å². The van der Waals surface area contributed by atoms with Crippen LogP contribution in [0.3, 0.4) is 0 Å². The number of aryl methyl sites for hydroxylation is 1. The number of ether oxygens (including phenoxy) is 1. The van der Waals surface area contributed by atoms with Crippen molar-refractivity contribution >= 4 is 5.97 Å². The molecule has 0 aliphatic carbocycles. The quantitative estimate of drug-likeness (QED) is 0.669. The van der Waals surface area contributed by atoms with Crippen LogP contribution in [0.15, 0.2) is 18.5 Å². The van der Waals surface area contributed by atoms with Gasteiger partial charge in [-0.2, -0.15) is 4.68 Å². The predicted octanol–water partition coefficient (Wildman–Crippen LogP) is 0.152. The highest BCUT2D eigenvalue weighted by atomic mass is 16.5. The Bertz CT molecular complexity index is 522. The SMILES string of the molecule is COC(=O)c1ccncc1-n1nnnc1C. The summed E-state index contributed by atoms with van der Waals surface area (Å²) in [6, 6.07) is 1.56. The lowest BCUT2D eigenvalue weighted by Crippen LogP contribution is -2.10. The van der Waals surface area contributed by atoms with Crippen molar-refractivity contribution in [3.63, 3.8) is 0 Å². The van der Waals surface area contributed by atoms with Crippen molar-refractivity contribution in [3.8, 4) is 5.69 Å². The monoisotopic (exact) mass is 219 g/mol. The van der Waals surface area contributed by atoms with Gasteiger partial charge in [0.15, 0.2) is 5.82 Å². The summed E-state index contributed by atoms with van der Waals surface area (Å²) in [5.74, 6) is 0.116. The summed E-state index contributed by atoms with van der Waals surface area (Å²) >= 11 is 0. The lowest BCUT2D eigenvalue weighted by atomic mass is 10.2. The first-order valence-electron chi connectivity index (χ1n) is 4.51. The first kappa shape index (κ1) is 10.2. The van der Waals surface area contributed by atoms with Crippen LogP contribution >= 0.6 is 0 Å². The lowest BCUT2D eigenvalue weighted by Gasteiger charge is -2.06. The molecule has 7 heteroatoms. The van der Waals surface area contributed by atoms with Gasteiger partial charge in [0.2, 0.25) is 0 Å². The molecule has 0 aromatic carbocycles. The minimum atomic E-state index is -0.452. The molecule has 2 heterocycles. The summed E-state index contributed by atoms with van der Waals surface area (Å²) in [5.41, 5.74) is 0.866. The van der Waals surface area contributed by atoms with Crippen molar-refractivity contribution in [2.24, 2.45) is 0 Å². The molecule has 0 bridgehead atoms. The van der Waals surface area contributed by atoms with E-state index in [9.17, 15) is 4.79 Å². The highest BCUT2D eigenvalue weighted by molar-refractivity contribution is 5.93. The Balaban J connectivity index is 2.57. The zero-order valence-electron chi connectivity index (χ0n) is 8.78. The summed E-state index contributed by atoms with van der Waals surface area (Å²) in [5, 5.41) is 11.0. The fourth-order valence-corrected chi connectivity index (χ4v) is 1.29. The number of rotatable bonds is 2. The summed E-state index contributed by atoms with van der Waals surface area (Å²) in [4.78, 5) is 15.4. The Kier molecular flexibility index (Phi) is 2.59. The van der Waals surface area contributed by atoms with Gasteiger partial charge in [-0.25, -0.2) is 4.79 Å². The molecule has 0 amide bonds. The van der Waals surface area contributed by atoms with E-state index in [1.807, 2.05) is 0 Å². The predicted molar refractivity (Wildman–Crippen MR) is 53.0 cm³/mol. The number of carbonyl (C=O) groups excluding carboxylic acids is 1. The van der Waals surface area contributed by atoms with Gasteiger partial charge >= 0.3 is 5.97 Å². The van der Waals surface area contributed by atoms with Crippen molar-refractivity contribution in [3.05, 3.63) is 29.8 Å². The van der Waals surface area contributed by atoms with Crippen LogP contribution in [0.1, 0.15) is 16.2 Å². The molecule has 0 fully saturated rings. The third-order valence-corrected chi connectivity index (χ3v) is 2.06. The van der Waals surface area contributed by atoms with Crippen molar-refractivity contribution in [1.29, 1.82) is 0 Å². The van der Waals surface area contributed by atoms with Gasteiger partial charge in [0, 0.05) is 6.20 Å². The van der Waals surface area contributed by atoms with Crippen molar-refractivity contribution < 1.29 is 9.53 Å². The molecule has 82 valence electrons. The van der Waals surface area contributed by atoms with Crippen LogP contribution in [0.2, 0.25) is 0 Å². The van der Waals surface area contributed by atoms with E-state index in [-0.39, 0.29) is 0 Å². The lowest BCUT2D eigenvalue weighted by molar-refractivity contribution is 0.0600. The Morgan fingerprint density at radius 3 is 2.94 bits per heavy atom. The van der Waals surface area contributed by atoms with Crippen LogP contribution in [0.25, 0.3) is 5.69 Å². The van der Waals surface area contributed by atoms with Crippen molar-refractivity contribution in [2.75, 3.05) is 7.11 Å². The van der Waals surface area contributed by atoms with Gasteiger partial charge in [-0.05, 0) is 23.4 Å². The standard InChI is InChI=1S/C9H9N5O2/c1-6-11-12-13-14(6)8-5-10-4-3-7(8)9(15)16-2/h3-5H,1-2H3. The molecule has 0 saturated carbocycles. The van der Waals surface area contributed by atoms with E-state index in [1.165, 1.54) is 24.2 Å². The Hall–Kier alpha value is -2.31. The molecular weight excluding hydrogens is 210 g/mol. The third-order valence-electron chi connectivity index (χ3n) is 2.06. The second kappa shape index (κ2) is 4.05. The maximum Gasteiger partial charge on any atom is 0.340 e. The highest BCUT2D eigenvalue weighted by Gasteiger charge is 2.15. The fourth-order valence-electron chi connectivity index (χ4n) is 1.29. The van der Waals surface area contributed by atoms with Crippen LogP contribution in [-0.4, -0.2) is 38.3 Å². The van der Waals surface area contributed by atoms with Gasteiger partial charge in [-0.3, -0.25) is 4.98 Å². The van der Waals surface area contributed by atoms with Gasteiger partial charge in [0.1, 0.15) is 5.69 Å². The molecule has 0 atom stereocenters. The molecule has 2 aromatic rings. The summed E-state index contributed by atoms with van der Waals surface area (Å²) in [6.07, 6.45) is 3.02. The summed E-state index contributed by atoms with van der Waals surface area (Å²) < 4.78 is 6.10. The van der Waals surface area contributed by atoms with Gasteiger partial charge in [-0.1, -0.05) is 0 Å². The van der Waals surface area contributed by atoms with E-state index in [4.69, 9.17) is 0 Å². The molecule has 2 rings (SSSR count). The Morgan fingerprint density at radius 2 is 2.31 bits per heavy atom. The summed E-state index contributed by atoms with van der Waals surface area (Å²) in [7, 11) is 1.32. The summed E-state index contributed by atoms with van der Waals surface area (Å²) in [6.45, 7) is 1.73. The number of hydrogen-bond acceptors (Lipinski definition) is 6. The number of methoxy groups -OCH3 is 1. The van der Waals surface area contributed by atoms with E-state index in [2.05, 4.69) is 25.2 Å². The molecule has 0 saturated heterocycles. The molecule has 0 aliphatic heterocycles.